The highest BCUT2D eigenvalue weighted by molar-refractivity contribution is 9.10. The molecule has 0 saturated heterocycles. The van der Waals surface area contributed by atoms with Crippen LogP contribution in [0.2, 0.25) is 0 Å². The Morgan fingerprint density at radius 3 is 3.00 bits per heavy atom. The van der Waals surface area contributed by atoms with Crippen LogP contribution in [0.25, 0.3) is 0 Å². The van der Waals surface area contributed by atoms with E-state index in [1.165, 1.54) is 0 Å². The monoisotopic (exact) mass is 189 g/mol. The third-order valence-corrected chi connectivity index (χ3v) is 1.33. The molecule has 0 amide bonds. The van der Waals surface area contributed by atoms with Gasteiger partial charge in [0.1, 0.15) is 4.60 Å². The highest BCUT2D eigenvalue weighted by atomic mass is 79.9. The first-order valence-electron chi connectivity index (χ1n) is 2.88. The number of aryl methyl sites for hydroxylation is 1. The zero-order chi connectivity index (χ0) is 6.69. The molecule has 50 valence electrons. The first kappa shape index (κ1) is 6.74. The van der Waals surface area contributed by atoms with Crippen molar-refractivity contribution in [2.24, 2.45) is 0 Å². The van der Waals surface area contributed by atoms with Crippen LogP contribution in [0.1, 0.15) is 13.3 Å². The zero-order valence-electron chi connectivity index (χ0n) is 5.21. The van der Waals surface area contributed by atoms with Gasteiger partial charge in [-0.1, -0.05) is 12.1 Å². The van der Waals surface area contributed by atoms with E-state index >= 15 is 0 Å². The lowest BCUT2D eigenvalue weighted by atomic mass is 10.5. The number of halogens is 1. The van der Waals surface area contributed by atoms with Crippen LogP contribution in [0, 0.1) is 0 Å². The molecule has 0 spiro atoms. The first-order chi connectivity index (χ1) is 4.33. The molecule has 1 heterocycles. The number of nitrogens with zero attached hydrogens (tertiary/aromatic N) is 3. The number of hydrogen-bond donors (Lipinski definition) is 0. The van der Waals surface area contributed by atoms with Crippen LogP contribution in [0.5, 0.6) is 0 Å². The van der Waals surface area contributed by atoms with Gasteiger partial charge >= 0.3 is 0 Å². The van der Waals surface area contributed by atoms with Gasteiger partial charge in [-0.3, -0.25) is 4.68 Å². The smallest absolute Gasteiger partial charge is 0.148 e. The molecule has 0 unspecified atom stereocenters. The van der Waals surface area contributed by atoms with E-state index in [4.69, 9.17) is 0 Å². The Bertz CT molecular complexity index is 184. The fourth-order valence-corrected chi connectivity index (χ4v) is 0.920. The lowest BCUT2D eigenvalue weighted by Crippen LogP contribution is -1.96. The molecule has 0 bridgehead atoms. The van der Waals surface area contributed by atoms with Gasteiger partial charge in [-0.05, 0) is 22.4 Å². The molecule has 3 nitrogen and oxygen atoms in total. The summed E-state index contributed by atoms with van der Waals surface area (Å²) in [5, 5.41) is 7.59. The highest BCUT2D eigenvalue weighted by Gasteiger charge is 1.92. The third-order valence-electron chi connectivity index (χ3n) is 0.963. The molecule has 0 N–H and O–H groups in total. The molecular formula is C5H8BrN3. The van der Waals surface area contributed by atoms with Crippen molar-refractivity contribution in [3.05, 3.63) is 10.8 Å². The van der Waals surface area contributed by atoms with E-state index in [-0.39, 0.29) is 0 Å². The van der Waals surface area contributed by atoms with E-state index < -0.39 is 0 Å². The molecule has 0 aliphatic rings. The van der Waals surface area contributed by atoms with Gasteiger partial charge in [0.25, 0.3) is 0 Å². The summed E-state index contributed by atoms with van der Waals surface area (Å²) in [5.41, 5.74) is 0. The molecule has 0 radical (unpaired) electrons. The van der Waals surface area contributed by atoms with Gasteiger partial charge in [0.2, 0.25) is 0 Å². The van der Waals surface area contributed by atoms with Gasteiger partial charge in [0.05, 0.1) is 6.20 Å². The molecule has 9 heavy (non-hydrogen) atoms. The van der Waals surface area contributed by atoms with Crippen LogP contribution >= 0.6 is 15.9 Å². The molecule has 0 saturated carbocycles. The number of aromatic nitrogens is 3. The molecule has 1 aromatic rings. The lowest BCUT2D eigenvalue weighted by Gasteiger charge is -1.91. The Morgan fingerprint density at radius 2 is 2.56 bits per heavy atom. The summed E-state index contributed by atoms with van der Waals surface area (Å²) in [5.74, 6) is 0. The second kappa shape index (κ2) is 2.96. The topological polar surface area (TPSA) is 30.7 Å². The Hall–Kier alpha value is -0.380. The average Bonchev–Trinajstić information content (AvgIpc) is 2.17. The first-order valence-corrected chi connectivity index (χ1v) is 3.68. The Balaban J connectivity index is 2.61. The normalized spacial score (nSPS) is 10.0. The highest BCUT2D eigenvalue weighted by Crippen LogP contribution is 2.01. The molecule has 0 aliphatic heterocycles. The quantitative estimate of drug-likeness (QED) is 0.706. The maximum atomic E-state index is 3.83. The van der Waals surface area contributed by atoms with Crippen molar-refractivity contribution >= 4 is 15.9 Å². The molecule has 0 aliphatic carbocycles. The van der Waals surface area contributed by atoms with Crippen molar-refractivity contribution in [2.75, 3.05) is 0 Å². The van der Waals surface area contributed by atoms with Gasteiger partial charge in [0.15, 0.2) is 0 Å². The second-order valence-electron chi connectivity index (χ2n) is 1.80. The van der Waals surface area contributed by atoms with Crippen LogP contribution in [-0.2, 0) is 6.54 Å². The summed E-state index contributed by atoms with van der Waals surface area (Å²) in [4.78, 5) is 0. The Labute approximate surface area is 62.2 Å². The van der Waals surface area contributed by atoms with Crippen molar-refractivity contribution in [3.8, 4) is 0 Å². The molecule has 0 fully saturated rings. The van der Waals surface area contributed by atoms with Crippen LogP contribution in [0.15, 0.2) is 10.8 Å². The molecule has 4 heteroatoms. The van der Waals surface area contributed by atoms with Crippen molar-refractivity contribution in [3.63, 3.8) is 0 Å². The van der Waals surface area contributed by atoms with Crippen molar-refractivity contribution in [1.82, 2.24) is 15.0 Å². The summed E-state index contributed by atoms with van der Waals surface area (Å²) < 4.78 is 2.61. The van der Waals surface area contributed by atoms with E-state index in [9.17, 15) is 0 Å². The third kappa shape index (κ3) is 1.78. The SMILES string of the molecule is CCCn1cc(Br)nn1. The second-order valence-corrected chi connectivity index (χ2v) is 2.62. The van der Waals surface area contributed by atoms with Crippen molar-refractivity contribution in [1.29, 1.82) is 0 Å². The van der Waals surface area contributed by atoms with Crippen LogP contribution in [0.3, 0.4) is 0 Å². The standard InChI is InChI=1S/C5H8BrN3/c1-2-3-9-4-5(6)7-8-9/h4H,2-3H2,1H3. The summed E-state index contributed by atoms with van der Waals surface area (Å²) in [6.45, 7) is 3.05. The average molecular weight is 190 g/mol. The molecule has 1 aromatic heterocycles. The van der Waals surface area contributed by atoms with Gasteiger partial charge in [-0.15, -0.1) is 5.10 Å². The van der Waals surface area contributed by atoms with E-state index in [1.807, 2.05) is 10.9 Å². The Morgan fingerprint density at radius 1 is 1.78 bits per heavy atom. The molecular weight excluding hydrogens is 182 g/mol. The van der Waals surface area contributed by atoms with Crippen LogP contribution in [-0.4, -0.2) is 15.0 Å². The largest absolute Gasteiger partial charge is 0.251 e. The zero-order valence-corrected chi connectivity index (χ0v) is 6.80. The fraction of sp³-hybridized carbons (Fsp3) is 0.600. The van der Waals surface area contributed by atoms with Gasteiger partial charge in [0, 0.05) is 6.54 Å². The van der Waals surface area contributed by atoms with Crippen LogP contribution in [0.4, 0.5) is 0 Å². The minimum atomic E-state index is 0.802. The fourth-order valence-electron chi connectivity index (χ4n) is 0.613. The molecule has 0 aromatic carbocycles. The summed E-state index contributed by atoms with van der Waals surface area (Å²) in [7, 11) is 0. The van der Waals surface area contributed by atoms with Gasteiger partial charge in [-0.25, -0.2) is 0 Å². The summed E-state index contributed by atoms with van der Waals surface area (Å²) in [6, 6.07) is 0. The minimum absolute atomic E-state index is 0.802. The minimum Gasteiger partial charge on any atom is -0.251 e. The van der Waals surface area contributed by atoms with Gasteiger partial charge in [-0.2, -0.15) is 0 Å². The van der Waals surface area contributed by atoms with Gasteiger partial charge < -0.3 is 0 Å². The predicted molar refractivity (Wildman–Crippen MR) is 38.0 cm³/mol. The van der Waals surface area contributed by atoms with E-state index in [1.54, 1.807) is 0 Å². The molecule has 1 rings (SSSR count). The summed E-state index contributed by atoms with van der Waals surface area (Å²) in [6.07, 6.45) is 2.96. The Kier molecular flexibility index (Phi) is 2.22. The van der Waals surface area contributed by atoms with Crippen LogP contribution < -0.4 is 0 Å². The number of rotatable bonds is 2. The predicted octanol–water partition coefficient (Wildman–Crippen LogP) is 1.45. The lowest BCUT2D eigenvalue weighted by molar-refractivity contribution is 0.579. The van der Waals surface area contributed by atoms with Crippen molar-refractivity contribution < 1.29 is 0 Å². The van der Waals surface area contributed by atoms with E-state index in [0.29, 0.717) is 0 Å². The maximum absolute atomic E-state index is 3.83. The maximum Gasteiger partial charge on any atom is 0.148 e. The number of hydrogen-bond acceptors (Lipinski definition) is 2. The summed E-state index contributed by atoms with van der Waals surface area (Å²) >= 11 is 3.21. The van der Waals surface area contributed by atoms with E-state index in [0.717, 1.165) is 17.6 Å². The van der Waals surface area contributed by atoms with Crippen molar-refractivity contribution in [2.45, 2.75) is 19.9 Å². The molecule has 0 atom stereocenters. The van der Waals surface area contributed by atoms with E-state index in [2.05, 4.69) is 33.2 Å².